The van der Waals surface area contributed by atoms with Crippen LogP contribution in [0.3, 0.4) is 0 Å². The van der Waals surface area contributed by atoms with Crippen molar-refractivity contribution in [3.05, 3.63) is 41.1 Å². The summed E-state index contributed by atoms with van der Waals surface area (Å²) >= 11 is 11.5. The Labute approximate surface area is 103 Å². The Kier molecular flexibility index (Phi) is 3.22. The van der Waals surface area contributed by atoms with Gasteiger partial charge in [0.2, 0.25) is 0 Å². The minimum absolute atomic E-state index is 0.413. The number of hydrazone groups is 1. The summed E-state index contributed by atoms with van der Waals surface area (Å²) in [5.74, 6) is 0.788. The van der Waals surface area contributed by atoms with E-state index in [4.69, 9.17) is 28.1 Å². The maximum absolute atomic E-state index is 5.83. The van der Waals surface area contributed by atoms with E-state index in [1.165, 1.54) is 0 Å². The molecule has 0 aliphatic carbocycles. The number of nitrogens with zero attached hydrogens (tertiary/aromatic N) is 2. The first-order chi connectivity index (χ1) is 7.69. The van der Waals surface area contributed by atoms with Gasteiger partial charge in [-0.25, -0.2) is 0 Å². The molecule has 1 aliphatic heterocycles. The first-order valence-corrected chi connectivity index (χ1v) is 5.23. The molecule has 1 aromatic rings. The molecule has 1 aromatic carbocycles. The highest BCUT2D eigenvalue weighted by atomic mass is 35.5. The van der Waals surface area contributed by atoms with Gasteiger partial charge in [0.05, 0.1) is 24.6 Å². The van der Waals surface area contributed by atoms with Crippen LogP contribution in [0.25, 0.3) is 0 Å². The van der Waals surface area contributed by atoms with Crippen LogP contribution in [-0.2, 0) is 0 Å². The van der Waals surface area contributed by atoms with Gasteiger partial charge in [-0.05, 0) is 24.3 Å². The lowest BCUT2D eigenvalue weighted by Gasteiger charge is -2.17. The van der Waals surface area contributed by atoms with Crippen molar-refractivity contribution in [2.75, 3.05) is 7.11 Å². The van der Waals surface area contributed by atoms with E-state index in [0.29, 0.717) is 10.9 Å². The van der Waals surface area contributed by atoms with Crippen molar-refractivity contribution in [1.82, 2.24) is 10.1 Å². The molecule has 0 saturated carbocycles. The standard InChI is InChI=1S/C10H9Cl2N3O/c1-16-8-4-2-7(3-5-8)9-6-10(11)14-15(12)13-9/h2-6,14H,1H3. The van der Waals surface area contributed by atoms with E-state index in [1.807, 2.05) is 24.3 Å². The molecule has 1 aliphatic rings. The summed E-state index contributed by atoms with van der Waals surface area (Å²) in [5.41, 5.74) is 4.20. The smallest absolute Gasteiger partial charge is 0.125 e. The molecule has 0 spiro atoms. The second-order valence-corrected chi connectivity index (χ2v) is 3.81. The first kappa shape index (κ1) is 11.1. The average molecular weight is 258 g/mol. The van der Waals surface area contributed by atoms with Crippen molar-refractivity contribution in [3.8, 4) is 5.75 Å². The Morgan fingerprint density at radius 3 is 2.56 bits per heavy atom. The summed E-state index contributed by atoms with van der Waals surface area (Å²) in [6.07, 6.45) is 1.70. The van der Waals surface area contributed by atoms with Crippen LogP contribution < -0.4 is 10.2 Å². The summed E-state index contributed by atoms with van der Waals surface area (Å²) < 4.78 is 6.11. The molecule has 0 fully saturated rings. The van der Waals surface area contributed by atoms with Crippen LogP contribution in [-0.4, -0.2) is 17.5 Å². The molecule has 2 rings (SSSR count). The quantitative estimate of drug-likeness (QED) is 0.654. The Morgan fingerprint density at radius 1 is 1.31 bits per heavy atom. The van der Waals surface area contributed by atoms with Gasteiger partial charge < -0.3 is 4.74 Å². The number of nitrogens with one attached hydrogen (secondary N) is 1. The molecule has 0 amide bonds. The van der Waals surface area contributed by atoms with Gasteiger partial charge in [0.25, 0.3) is 0 Å². The van der Waals surface area contributed by atoms with Gasteiger partial charge in [-0.1, -0.05) is 11.6 Å². The zero-order valence-electron chi connectivity index (χ0n) is 8.45. The van der Waals surface area contributed by atoms with Crippen molar-refractivity contribution < 1.29 is 4.74 Å². The van der Waals surface area contributed by atoms with Gasteiger partial charge in [-0.2, -0.15) is 0 Å². The van der Waals surface area contributed by atoms with Crippen molar-refractivity contribution in [2.45, 2.75) is 0 Å². The lowest BCUT2D eigenvalue weighted by molar-refractivity contribution is 0.405. The molecule has 0 unspecified atom stereocenters. The van der Waals surface area contributed by atoms with Crippen LogP contribution in [0.4, 0.5) is 0 Å². The second-order valence-electron chi connectivity index (χ2n) is 3.08. The number of allylic oxidation sites excluding steroid dienone is 1. The molecule has 84 valence electrons. The number of hydrazine groups is 1. The number of ether oxygens (including phenoxy) is 1. The Bertz CT molecular complexity index is 442. The average Bonchev–Trinajstić information content (AvgIpc) is 2.28. The van der Waals surface area contributed by atoms with E-state index in [1.54, 1.807) is 13.2 Å². The van der Waals surface area contributed by atoms with Crippen molar-refractivity contribution in [3.63, 3.8) is 0 Å². The summed E-state index contributed by atoms with van der Waals surface area (Å²) in [5, 5.41) is 4.47. The molecule has 1 N–H and O–H groups in total. The van der Waals surface area contributed by atoms with E-state index in [2.05, 4.69) is 10.5 Å². The lowest BCUT2D eigenvalue weighted by Crippen LogP contribution is -2.28. The summed E-state index contributed by atoms with van der Waals surface area (Å²) in [4.78, 5) is 0. The fourth-order valence-corrected chi connectivity index (χ4v) is 1.69. The molecule has 0 bridgehead atoms. The maximum Gasteiger partial charge on any atom is 0.125 e. The Balaban J connectivity index is 2.30. The summed E-state index contributed by atoms with van der Waals surface area (Å²) in [6, 6.07) is 7.46. The van der Waals surface area contributed by atoms with Crippen LogP contribution in [0.1, 0.15) is 5.56 Å². The van der Waals surface area contributed by atoms with E-state index in [0.717, 1.165) is 15.9 Å². The summed E-state index contributed by atoms with van der Waals surface area (Å²) in [6.45, 7) is 0. The molecule has 0 radical (unpaired) electrons. The minimum Gasteiger partial charge on any atom is -0.497 e. The largest absolute Gasteiger partial charge is 0.497 e. The molecular formula is C10H9Cl2N3O. The zero-order chi connectivity index (χ0) is 11.5. The highest BCUT2D eigenvalue weighted by Gasteiger charge is 2.11. The first-order valence-electron chi connectivity index (χ1n) is 4.52. The SMILES string of the molecule is COc1ccc(C2=NN(Cl)NC(Cl)=C2)cc1. The van der Waals surface area contributed by atoms with Crippen LogP contribution >= 0.6 is 23.4 Å². The zero-order valence-corrected chi connectivity index (χ0v) is 9.96. The molecule has 16 heavy (non-hydrogen) atoms. The minimum atomic E-state index is 0.413. The molecule has 0 saturated heterocycles. The normalized spacial score (nSPS) is 15.1. The van der Waals surface area contributed by atoms with Gasteiger partial charge in [0.1, 0.15) is 10.9 Å². The topological polar surface area (TPSA) is 36.9 Å². The van der Waals surface area contributed by atoms with Crippen LogP contribution in [0.5, 0.6) is 5.75 Å². The molecule has 0 aromatic heterocycles. The third-order valence-electron chi connectivity index (χ3n) is 2.04. The number of benzene rings is 1. The van der Waals surface area contributed by atoms with E-state index < -0.39 is 0 Å². The number of hydrogen-bond acceptors (Lipinski definition) is 4. The predicted molar refractivity (Wildman–Crippen MR) is 64.3 cm³/mol. The predicted octanol–water partition coefficient (Wildman–Crippen LogP) is 2.45. The highest BCUT2D eigenvalue weighted by Crippen LogP contribution is 2.16. The number of halogens is 2. The molecule has 0 atom stereocenters. The highest BCUT2D eigenvalue weighted by molar-refractivity contribution is 6.32. The van der Waals surface area contributed by atoms with Gasteiger partial charge >= 0.3 is 0 Å². The molecule has 4 nitrogen and oxygen atoms in total. The third-order valence-corrected chi connectivity index (χ3v) is 2.40. The van der Waals surface area contributed by atoms with Crippen LogP contribution in [0, 0.1) is 0 Å². The monoisotopic (exact) mass is 257 g/mol. The number of hydrogen-bond donors (Lipinski definition) is 1. The fourth-order valence-electron chi connectivity index (χ4n) is 1.29. The van der Waals surface area contributed by atoms with Gasteiger partial charge in [0.15, 0.2) is 0 Å². The summed E-state index contributed by atoms with van der Waals surface area (Å²) in [7, 11) is 1.62. The Morgan fingerprint density at radius 2 is 2.00 bits per heavy atom. The van der Waals surface area contributed by atoms with Crippen LogP contribution in [0.2, 0.25) is 0 Å². The van der Waals surface area contributed by atoms with Gasteiger partial charge in [0, 0.05) is 11.6 Å². The third kappa shape index (κ3) is 2.40. The fraction of sp³-hybridized carbons (Fsp3) is 0.100. The van der Waals surface area contributed by atoms with Crippen molar-refractivity contribution >= 4 is 29.1 Å². The maximum atomic E-state index is 5.83. The van der Waals surface area contributed by atoms with Crippen LogP contribution in [0.15, 0.2) is 40.6 Å². The van der Waals surface area contributed by atoms with E-state index in [-0.39, 0.29) is 0 Å². The van der Waals surface area contributed by atoms with Crippen molar-refractivity contribution in [2.24, 2.45) is 5.10 Å². The molecular weight excluding hydrogens is 249 g/mol. The molecule has 1 heterocycles. The number of methoxy groups -OCH3 is 1. The van der Waals surface area contributed by atoms with Gasteiger partial charge in [-0.15, -0.1) is 9.74 Å². The molecule has 6 heteroatoms. The second kappa shape index (κ2) is 4.63. The van der Waals surface area contributed by atoms with E-state index in [9.17, 15) is 0 Å². The number of rotatable bonds is 2. The van der Waals surface area contributed by atoms with Crippen molar-refractivity contribution in [1.29, 1.82) is 0 Å². The van der Waals surface area contributed by atoms with E-state index >= 15 is 0 Å². The Hall–Kier alpha value is -1.39. The lowest BCUT2D eigenvalue weighted by atomic mass is 10.1. The van der Waals surface area contributed by atoms with Gasteiger partial charge in [-0.3, -0.25) is 5.43 Å².